The maximum Gasteiger partial charge on any atom is 0.0823 e. The lowest BCUT2D eigenvalue weighted by Crippen LogP contribution is -1.94. The Hall–Kier alpha value is -1.15. The summed E-state index contributed by atoms with van der Waals surface area (Å²) < 4.78 is 2.27. The molecular formula is C14H17NS. The fourth-order valence-electron chi connectivity index (χ4n) is 1.94. The lowest BCUT2D eigenvalue weighted by molar-refractivity contribution is 0.863. The minimum Gasteiger partial charge on any atom is -0.311 e. The average molecular weight is 231 g/mol. The van der Waals surface area contributed by atoms with Gasteiger partial charge in [0, 0.05) is 11.9 Å². The van der Waals surface area contributed by atoms with Gasteiger partial charge in [-0.15, -0.1) is 11.8 Å². The third-order valence-corrected chi connectivity index (χ3v) is 3.51. The van der Waals surface area contributed by atoms with Gasteiger partial charge in [0.05, 0.1) is 5.03 Å². The maximum atomic E-state index is 2.27. The van der Waals surface area contributed by atoms with Crippen molar-refractivity contribution in [2.75, 3.05) is 6.26 Å². The van der Waals surface area contributed by atoms with E-state index in [1.807, 2.05) is 11.8 Å². The van der Waals surface area contributed by atoms with Crippen molar-refractivity contribution >= 4 is 11.8 Å². The molecule has 0 N–H and O–H groups in total. The second kappa shape index (κ2) is 5.26. The Labute approximate surface area is 101 Å². The zero-order chi connectivity index (χ0) is 11.4. The number of benzene rings is 1. The number of para-hydroxylation sites is 1. The molecule has 0 radical (unpaired) electrons. The Morgan fingerprint density at radius 2 is 1.88 bits per heavy atom. The molecule has 1 aromatic heterocycles. The summed E-state index contributed by atoms with van der Waals surface area (Å²) in [5.41, 5.74) is 2.70. The van der Waals surface area contributed by atoms with E-state index in [0.717, 1.165) is 6.42 Å². The van der Waals surface area contributed by atoms with Crippen LogP contribution < -0.4 is 0 Å². The van der Waals surface area contributed by atoms with Gasteiger partial charge in [0.2, 0.25) is 0 Å². The Bertz CT molecular complexity index is 445. The number of aryl methyl sites for hydroxylation is 1. The van der Waals surface area contributed by atoms with Crippen molar-refractivity contribution in [1.82, 2.24) is 4.57 Å². The molecule has 2 rings (SSSR count). The molecule has 84 valence electrons. The molecule has 0 aliphatic carbocycles. The van der Waals surface area contributed by atoms with Crippen LogP contribution in [-0.4, -0.2) is 10.8 Å². The second-order valence-corrected chi connectivity index (χ2v) is 4.60. The van der Waals surface area contributed by atoms with Gasteiger partial charge in [-0.2, -0.15) is 0 Å². The van der Waals surface area contributed by atoms with Crippen molar-refractivity contribution in [1.29, 1.82) is 0 Å². The molecule has 0 unspecified atom stereocenters. The number of nitrogens with zero attached hydrogens (tertiary/aromatic N) is 1. The first-order valence-electron chi connectivity index (χ1n) is 5.66. The van der Waals surface area contributed by atoms with Crippen LogP contribution in [0.1, 0.15) is 18.9 Å². The fourth-order valence-corrected chi connectivity index (χ4v) is 2.73. The van der Waals surface area contributed by atoms with Crippen LogP contribution in [0.3, 0.4) is 0 Å². The van der Waals surface area contributed by atoms with Crippen molar-refractivity contribution in [3.05, 3.63) is 48.2 Å². The van der Waals surface area contributed by atoms with Crippen LogP contribution in [0.4, 0.5) is 0 Å². The molecule has 0 atom stereocenters. The summed E-state index contributed by atoms with van der Waals surface area (Å²) in [6, 6.07) is 12.8. The van der Waals surface area contributed by atoms with E-state index in [4.69, 9.17) is 0 Å². The zero-order valence-electron chi connectivity index (χ0n) is 9.81. The predicted molar refractivity (Wildman–Crippen MR) is 71.5 cm³/mol. The molecule has 2 aromatic rings. The van der Waals surface area contributed by atoms with Crippen LogP contribution in [0.5, 0.6) is 0 Å². The number of rotatable bonds is 4. The monoisotopic (exact) mass is 231 g/mol. The molecule has 0 saturated heterocycles. The van der Waals surface area contributed by atoms with Crippen molar-refractivity contribution in [2.45, 2.75) is 24.8 Å². The number of thioether (sulfide) groups is 1. The summed E-state index contributed by atoms with van der Waals surface area (Å²) in [6.45, 7) is 2.23. The largest absolute Gasteiger partial charge is 0.311 e. The smallest absolute Gasteiger partial charge is 0.0823 e. The summed E-state index contributed by atoms with van der Waals surface area (Å²) in [7, 11) is 0. The topological polar surface area (TPSA) is 4.93 Å². The van der Waals surface area contributed by atoms with E-state index in [9.17, 15) is 0 Å². The number of aromatic nitrogens is 1. The van der Waals surface area contributed by atoms with Gasteiger partial charge in [-0.1, -0.05) is 31.5 Å². The molecule has 16 heavy (non-hydrogen) atoms. The number of hydrogen-bond donors (Lipinski definition) is 0. The highest BCUT2D eigenvalue weighted by Gasteiger charge is 2.08. The highest BCUT2D eigenvalue weighted by molar-refractivity contribution is 7.98. The van der Waals surface area contributed by atoms with Crippen LogP contribution in [0.2, 0.25) is 0 Å². The molecule has 1 aromatic carbocycles. The Morgan fingerprint density at radius 3 is 2.50 bits per heavy atom. The third kappa shape index (κ3) is 2.17. The van der Waals surface area contributed by atoms with Gasteiger partial charge < -0.3 is 4.57 Å². The van der Waals surface area contributed by atoms with Gasteiger partial charge in [0.25, 0.3) is 0 Å². The first kappa shape index (κ1) is 11.3. The van der Waals surface area contributed by atoms with E-state index in [2.05, 4.69) is 60.3 Å². The van der Waals surface area contributed by atoms with Gasteiger partial charge in [-0.25, -0.2) is 0 Å². The van der Waals surface area contributed by atoms with E-state index in [0.29, 0.717) is 0 Å². The van der Waals surface area contributed by atoms with Crippen molar-refractivity contribution in [3.8, 4) is 5.69 Å². The standard InChI is InChI=1S/C14H17NS/c1-3-7-12-10-11-15(14(12)16-2)13-8-5-4-6-9-13/h4-6,8-11H,3,7H2,1-2H3. The summed E-state index contributed by atoms with van der Waals surface area (Å²) in [5.74, 6) is 0. The van der Waals surface area contributed by atoms with E-state index < -0.39 is 0 Å². The van der Waals surface area contributed by atoms with E-state index in [1.165, 1.54) is 22.7 Å². The zero-order valence-corrected chi connectivity index (χ0v) is 10.6. The van der Waals surface area contributed by atoms with E-state index >= 15 is 0 Å². The molecule has 1 heterocycles. The van der Waals surface area contributed by atoms with E-state index in [-0.39, 0.29) is 0 Å². The Balaban J connectivity index is 2.42. The number of hydrogen-bond acceptors (Lipinski definition) is 1. The lowest BCUT2D eigenvalue weighted by atomic mass is 10.2. The van der Waals surface area contributed by atoms with Crippen LogP contribution in [0.25, 0.3) is 5.69 Å². The average Bonchev–Trinajstić information content (AvgIpc) is 2.73. The van der Waals surface area contributed by atoms with Crippen LogP contribution in [0.15, 0.2) is 47.6 Å². The minimum atomic E-state index is 1.16. The van der Waals surface area contributed by atoms with Gasteiger partial charge in [-0.3, -0.25) is 0 Å². The summed E-state index contributed by atoms with van der Waals surface area (Å²) in [5, 5.41) is 1.37. The van der Waals surface area contributed by atoms with Crippen molar-refractivity contribution < 1.29 is 0 Å². The molecule has 0 aliphatic rings. The normalized spacial score (nSPS) is 10.6. The predicted octanol–water partition coefficient (Wildman–Crippen LogP) is 4.15. The molecule has 0 bridgehead atoms. The molecule has 0 fully saturated rings. The summed E-state index contributed by atoms with van der Waals surface area (Å²) >= 11 is 1.83. The third-order valence-electron chi connectivity index (χ3n) is 2.67. The Morgan fingerprint density at radius 1 is 1.12 bits per heavy atom. The Kier molecular flexibility index (Phi) is 3.73. The first-order chi connectivity index (χ1) is 7.86. The molecule has 2 heteroatoms. The van der Waals surface area contributed by atoms with Gasteiger partial charge in [0.1, 0.15) is 0 Å². The van der Waals surface area contributed by atoms with Crippen molar-refractivity contribution in [2.24, 2.45) is 0 Å². The van der Waals surface area contributed by atoms with Gasteiger partial charge in [0.15, 0.2) is 0 Å². The van der Waals surface area contributed by atoms with Gasteiger partial charge >= 0.3 is 0 Å². The molecular weight excluding hydrogens is 214 g/mol. The molecule has 0 amide bonds. The highest BCUT2D eigenvalue weighted by Crippen LogP contribution is 2.26. The molecule has 0 aliphatic heterocycles. The molecule has 1 nitrogen and oxygen atoms in total. The SMILES string of the molecule is CCCc1ccn(-c2ccccc2)c1SC. The van der Waals surface area contributed by atoms with E-state index in [1.54, 1.807) is 0 Å². The summed E-state index contributed by atoms with van der Waals surface area (Å²) in [4.78, 5) is 0. The van der Waals surface area contributed by atoms with Crippen LogP contribution in [-0.2, 0) is 6.42 Å². The van der Waals surface area contributed by atoms with Crippen LogP contribution >= 0.6 is 11.8 Å². The van der Waals surface area contributed by atoms with Crippen molar-refractivity contribution in [3.63, 3.8) is 0 Å². The summed E-state index contributed by atoms with van der Waals surface area (Å²) in [6.07, 6.45) is 6.68. The fraction of sp³-hybridized carbons (Fsp3) is 0.286. The molecule has 0 spiro atoms. The molecule has 0 saturated carbocycles. The quantitative estimate of drug-likeness (QED) is 0.716. The second-order valence-electron chi connectivity index (χ2n) is 3.81. The van der Waals surface area contributed by atoms with Crippen LogP contribution in [0, 0.1) is 0 Å². The lowest BCUT2D eigenvalue weighted by Gasteiger charge is -2.08. The highest BCUT2D eigenvalue weighted by atomic mass is 32.2. The first-order valence-corrected chi connectivity index (χ1v) is 6.89. The van der Waals surface area contributed by atoms with Gasteiger partial charge in [-0.05, 0) is 36.4 Å². The maximum absolute atomic E-state index is 2.27. The minimum absolute atomic E-state index is 1.16.